The van der Waals surface area contributed by atoms with Crippen LogP contribution in [-0.4, -0.2) is 17.9 Å². The average molecular weight is 330 g/mol. The quantitative estimate of drug-likeness (QED) is 0.793. The minimum Gasteiger partial charge on any atom is -0.497 e. The van der Waals surface area contributed by atoms with Crippen molar-refractivity contribution in [2.75, 3.05) is 7.11 Å². The van der Waals surface area contributed by atoms with Crippen LogP contribution in [0.15, 0.2) is 59.9 Å². The summed E-state index contributed by atoms with van der Waals surface area (Å²) in [6, 6.07) is 10.0. The summed E-state index contributed by atoms with van der Waals surface area (Å²) >= 11 is 0. The Labute approximate surface area is 148 Å². The molecule has 0 saturated carbocycles. The highest BCUT2D eigenvalue weighted by Crippen LogP contribution is 2.45. The Morgan fingerprint density at radius 1 is 1.20 bits per heavy atom. The molecule has 0 bridgehead atoms. The summed E-state index contributed by atoms with van der Waals surface area (Å²) in [5.41, 5.74) is 7.54. The molecule has 0 N–H and O–H groups in total. The number of fused-ring (bicyclic) bond motifs is 1. The summed E-state index contributed by atoms with van der Waals surface area (Å²) in [7, 11) is 1.66. The average Bonchev–Trinajstić information content (AvgIpc) is 3.46. The number of allylic oxidation sites excluding steroid dienone is 5. The van der Waals surface area contributed by atoms with Gasteiger partial charge in [0.25, 0.3) is 0 Å². The molecule has 0 atom stereocenters. The van der Waals surface area contributed by atoms with Gasteiger partial charge in [-0.1, -0.05) is 12.1 Å². The van der Waals surface area contributed by atoms with E-state index in [2.05, 4.69) is 24.1 Å². The lowest BCUT2D eigenvalue weighted by Gasteiger charge is -2.07. The molecule has 1 aromatic heterocycles. The van der Waals surface area contributed by atoms with Crippen molar-refractivity contribution in [2.24, 2.45) is 0 Å². The molecule has 3 heteroatoms. The standard InChI is InChI=1S/C22H18NO2.H2/c1-14-19(11-15-7-9-23-10-8-15)18-6-5-17(25-2)12-21(18)20(14)13-22(24)16-3-4-16;/h3-12H,13H2,1-2H3;1H/b19-11-;. The Hall–Kier alpha value is -2.94. The summed E-state index contributed by atoms with van der Waals surface area (Å²) in [4.78, 5) is 16.4. The van der Waals surface area contributed by atoms with Crippen molar-refractivity contribution in [1.82, 2.24) is 4.98 Å². The van der Waals surface area contributed by atoms with E-state index in [0.717, 1.165) is 44.7 Å². The number of carbonyl (C=O) groups excluding carboxylic acids is 1. The van der Waals surface area contributed by atoms with Crippen LogP contribution in [-0.2, 0) is 4.79 Å². The third-order valence-corrected chi connectivity index (χ3v) is 4.71. The van der Waals surface area contributed by atoms with E-state index in [0.29, 0.717) is 6.42 Å². The fourth-order valence-electron chi connectivity index (χ4n) is 3.23. The van der Waals surface area contributed by atoms with Crippen LogP contribution >= 0.6 is 0 Å². The number of carbonyl (C=O) groups is 1. The highest BCUT2D eigenvalue weighted by atomic mass is 16.5. The maximum absolute atomic E-state index is 12.3. The lowest BCUT2D eigenvalue weighted by Crippen LogP contribution is -1.98. The van der Waals surface area contributed by atoms with E-state index in [-0.39, 0.29) is 7.21 Å². The van der Waals surface area contributed by atoms with Gasteiger partial charge in [0.1, 0.15) is 5.75 Å². The Bertz CT molecular complexity index is 955. The smallest absolute Gasteiger partial charge is 0.163 e. The SMILES string of the molecule is COc1ccc2c(c1)C(CC(=O)C1=C[CH]1)=C(C)/C2=C/c1ccncc1.[HH]. The van der Waals surface area contributed by atoms with Gasteiger partial charge in [-0.3, -0.25) is 9.78 Å². The first kappa shape index (κ1) is 15.6. The number of methoxy groups -OCH3 is 1. The van der Waals surface area contributed by atoms with Crippen molar-refractivity contribution in [3.8, 4) is 5.75 Å². The van der Waals surface area contributed by atoms with Crippen molar-refractivity contribution >= 4 is 23.0 Å². The number of hydrogen-bond donors (Lipinski definition) is 0. The zero-order valence-electron chi connectivity index (χ0n) is 14.2. The molecule has 2 aromatic rings. The van der Waals surface area contributed by atoms with E-state index in [1.807, 2.05) is 36.8 Å². The topological polar surface area (TPSA) is 39.2 Å². The molecule has 125 valence electrons. The first-order chi connectivity index (χ1) is 12.2. The molecule has 1 radical (unpaired) electrons. The molecule has 2 aliphatic rings. The second-order valence-corrected chi connectivity index (χ2v) is 6.24. The van der Waals surface area contributed by atoms with Gasteiger partial charge in [-0.25, -0.2) is 0 Å². The predicted molar refractivity (Wildman–Crippen MR) is 102 cm³/mol. The Kier molecular flexibility index (Phi) is 3.85. The number of ether oxygens (including phenoxy) is 1. The Morgan fingerprint density at radius 2 is 1.96 bits per heavy atom. The molecule has 0 amide bonds. The van der Waals surface area contributed by atoms with Crippen LogP contribution in [0.5, 0.6) is 5.75 Å². The van der Waals surface area contributed by atoms with E-state index in [4.69, 9.17) is 4.74 Å². The number of ketones is 1. The Morgan fingerprint density at radius 3 is 2.64 bits per heavy atom. The summed E-state index contributed by atoms with van der Waals surface area (Å²) in [6.45, 7) is 2.09. The van der Waals surface area contributed by atoms with Crippen LogP contribution < -0.4 is 4.74 Å². The largest absolute Gasteiger partial charge is 0.497 e. The molecule has 0 spiro atoms. The third-order valence-electron chi connectivity index (χ3n) is 4.71. The molecule has 25 heavy (non-hydrogen) atoms. The maximum atomic E-state index is 12.3. The summed E-state index contributed by atoms with van der Waals surface area (Å²) in [5, 5.41) is 0. The van der Waals surface area contributed by atoms with Crippen molar-refractivity contribution in [2.45, 2.75) is 13.3 Å². The molecule has 3 nitrogen and oxygen atoms in total. The molecule has 1 heterocycles. The fraction of sp³-hybridized carbons (Fsp3) is 0.136. The van der Waals surface area contributed by atoms with Crippen LogP contribution in [0.4, 0.5) is 0 Å². The van der Waals surface area contributed by atoms with Crippen LogP contribution in [0.25, 0.3) is 17.2 Å². The van der Waals surface area contributed by atoms with Crippen molar-refractivity contribution in [3.63, 3.8) is 0 Å². The molecule has 4 rings (SSSR count). The molecule has 0 fully saturated rings. The van der Waals surface area contributed by atoms with Crippen LogP contribution in [0.1, 0.15) is 31.5 Å². The zero-order chi connectivity index (χ0) is 17.4. The first-order valence-electron chi connectivity index (χ1n) is 8.26. The second-order valence-electron chi connectivity index (χ2n) is 6.24. The summed E-state index contributed by atoms with van der Waals surface area (Å²) in [5.74, 6) is 0.979. The molecule has 0 aliphatic heterocycles. The van der Waals surface area contributed by atoms with Crippen LogP contribution in [0, 0.1) is 6.42 Å². The summed E-state index contributed by atoms with van der Waals surface area (Å²) < 4.78 is 5.39. The lowest BCUT2D eigenvalue weighted by molar-refractivity contribution is -0.114. The monoisotopic (exact) mass is 330 g/mol. The fourth-order valence-corrected chi connectivity index (χ4v) is 3.23. The van der Waals surface area contributed by atoms with Gasteiger partial charge in [-0.05, 0) is 76.2 Å². The first-order valence-corrected chi connectivity index (χ1v) is 8.26. The number of benzene rings is 1. The third kappa shape index (κ3) is 2.93. The van der Waals surface area contributed by atoms with E-state index in [1.54, 1.807) is 19.5 Å². The molecule has 2 aliphatic carbocycles. The number of nitrogens with zero attached hydrogens (tertiary/aromatic N) is 1. The number of aromatic nitrogens is 1. The number of Topliss-reactive ketones (excluding diaryl/α,β-unsaturated/α-hetero) is 1. The van der Waals surface area contributed by atoms with Crippen molar-refractivity contribution < 1.29 is 11.0 Å². The number of rotatable bonds is 5. The predicted octanol–water partition coefficient (Wildman–Crippen LogP) is 4.77. The lowest BCUT2D eigenvalue weighted by atomic mass is 9.99. The highest BCUT2D eigenvalue weighted by molar-refractivity contribution is 6.13. The minimum atomic E-state index is 0. The van der Waals surface area contributed by atoms with Gasteiger partial charge in [0.15, 0.2) is 5.78 Å². The van der Waals surface area contributed by atoms with Crippen molar-refractivity contribution in [3.05, 3.63) is 83.1 Å². The maximum Gasteiger partial charge on any atom is 0.163 e. The van der Waals surface area contributed by atoms with Gasteiger partial charge in [-0.2, -0.15) is 0 Å². The van der Waals surface area contributed by atoms with Gasteiger partial charge in [0, 0.05) is 26.7 Å². The van der Waals surface area contributed by atoms with Gasteiger partial charge in [-0.15, -0.1) is 0 Å². The minimum absolute atomic E-state index is 0. The second kappa shape index (κ2) is 6.17. The van der Waals surface area contributed by atoms with Crippen LogP contribution in [0.3, 0.4) is 0 Å². The normalized spacial score (nSPS) is 16.7. The highest BCUT2D eigenvalue weighted by Gasteiger charge is 2.28. The van der Waals surface area contributed by atoms with E-state index >= 15 is 0 Å². The molecule has 0 unspecified atom stereocenters. The number of pyridine rings is 1. The van der Waals surface area contributed by atoms with Gasteiger partial charge in [0.05, 0.1) is 7.11 Å². The van der Waals surface area contributed by atoms with E-state index in [1.165, 1.54) is 0 Å². The van der Waals surface area contributed by atoms with Crippen LogP contribution in [0.2, 0.25) is 0 Å². The van der Waals surface area contributed by atoms with Crippen molar-refractivity contribution in [1.29, 1.82) is 0 Å². The van der Waals surface area contributed by atoms with E-state index < -0.39 is 0 Å². The number of hydrogen-bond acceptors (Lipinski definition) is 3. The molecule has 0 saturated heterocycles. The van der Waals surface area contributed by atoms with Gasteiger partial charge >= 0.3 is 0 Å². The summed E-state index contributed by atoms with van der Waals surface area (Å²) in [6.07, 6.45) is 9.88. The zero-order valence-corrected chi connectivity index (χ0v) is 14.2. The Balaban J connectivity index is 0.00000196. The van der Waals surface area contributed by atoms with E-state index in [9.17, 15) is 4.79 Å². The molecular weight excluding hydrogens is 310 g/mol. The van der Waals surface area contributed by atoms with Gasteiger partial charge in [0.2, 0.25) is 0 Å². The molecular formula is C22H20NO2. The molecule has 1 aromatic carbocycles. The van der Waals surface area contributed by atoms with Gasteiger partial charge < -0.3 is 4.74 Å².